The summed E-state index contributed by atoms with van der Waals surface area (Å²) in [6, 6.07) is 10.6. The summed E-state index contributed by atoms with van der Waals surface area (Å²) in [5, 5.41) is 0. The van der Waals surface area contributed by atoms with Gasteiger partial charge >= 0.3 is 69.3 Å². The summed E-state index contributed by atoms with van der Waals surface area (Å²) in [7, 11) is 0. The Morgan fingerprint density at radius 3 is 1.67 bits per heavy atom. The van der Waals surface area contributed by atoms with Crippen LogP contribution in [0.3, 0.4) is 0 Å². The van der Waals surface area contributed by atoms with E-state index in [-0.39, 0.29) is 37.2 Å². The van der Waals surface area contributed by atoms with Crippen LogP contribution in [0.1, 0.15) is 16.4 Å². The zero-order valence-electron chi connectivity index (χ0n) is 6.69. The van der Waals surface area contributed by atoms with Crippen molar-refractivity contribution in [2.45, 2.75) is 10.9 Å². The molecule has 0 aliphatic heterocycles. The maximum absolute atomic E-state index is 2.24. The van der Waals surface area contributed by atoms with Crippen molar-refractivity contribution >= 4 is 59.7 Å². The molecule has 4 heteroatoms. The molecule has 0 aromatic heterocycles. The maximum atomic E-state index is 2.24. The zero-order chi connectivity index (χ0) is 6.69. The summed E-state index contributed by atoms with van der Waals surface area (Å²) in [5.41, 5.74) is 1.45. The van der Waals surface area contributed by atoms with Gasteiger partial charge in [-0.05, 0) is 0 Å². The first-order valence-corrected chi connectivity index (χ1v) is 4.71. The van der Waals surface area contributed by atoms with Crippen molar-refractivity contribution in [2.75, 3.05) is 0 Å². The Morgan fingerprint density at radius 2 is 1.42 bits per heavy atom. The Labute approximate surface area is 106 Å². The fourth-order valence-corrected chi connectivity index (χ4v) is 1.29. The normalized spacial score (nSPS) is 9.83. The van der Waals surface area contributed by atoms with Gasteiger partial charge in [0.15, 0.2) is 0 Å². The van der Waals surface area contributed by atoms with Gasteiger partial charge in [-0.15, -0.1) is 37.2 Å². The fraction of sp³-hybridized carbons (Fsp3) is 0.250. The molecular weight excluding hydrogens is 321 g/mol. The summed E-state index contributed by atoms with van der Waals surface area (Å²) >= 11 is 1.59. The summed E-state index contributed by atoms with van der Waals surface area (Å²) < 4.78 is 0.749. The minimum absolute atomic E-state index is 0. The van der Waals surface area contributed by atoms with Crippen LogP contribution in [0, 0.1) is 0 Å². The molecule has 0 spiro atoms. The number of rotatable bonds is 1. The van der Waals surface area contributed by atoms with E-state index < -0.39 is 0 Å². The Hall–Kier alpha value is 0.889. The second-order valence-corrected chi connectivity index (χ2v) is 4.60. The molecule has 0 bridgehead atoms. The summed E-state index contributed by atoms with van der Waals surface area (Å²) in [5.74, 6) is 0. The quantitative estimate of drug-likeness (QED) is 0.693. The molecule has 0 aliphatic carbocycles. The van der Waals surface area contributed by atoms with Crippen molar-refractivity contribution in [3.63, 3.8) is 0 Å². The van der Waals surface area contributed by atoms with Crippen LogP contribution in [0.5, 0.6) is 0 Å². The molecule has 0 heterocycles. The topological polar surface area (TPSA) is 0 Å². The molecule has 0 saturated heterocycles. The van der Waals surface area contributed by atoms with Gasteiger partial charge in [-0.2, -0.15) is 0 Å². The first kappa shape index (κ1) is 18.6. The molecule has 1 aromatic rings. The molecule has 69 valence electrons. The summed E-state index contributed by atoms with van der Waals surface area (Å²) in [6.07, 6.45) is 0. The molecule has 0 fully saturated rings. The van der Waals surface area contributed by atoms with Gasteiger partial charge in [0.2, 0.25) is 0 Å². The number of hydrogen-bond donors (Lipinski definition) is 0. The van der Waals surface area contributed by atoms with E-state index in [4.69, 9.17) is 0 Å². The average molecular weight is 333 g/mol. The Balaban J connectivity index is -0.000000270. The smallest absolute Gasteiger partial charge is 0.147 e. The van der Waals surface area contributed by atoms with Crippen molar-refractivity contribution in [1.82, 2.24) is 0 Å². The van der Waals surface area contributed by atoms with Gasteiger partial charge in [-0.3, -0.25) is 0 Å². The van der Waals surface area contributed by atoms with Crippen molar-refractivity contribution in [3.8, 4) is 0 Å². The van der Waals surface area contributed by atoms with Crippen LogP contribution in [-0.4, -0.2) is 22.5 Å². The Kier molecular flexibility index (Phi) is 15.5. The second kappa shape index (κ2) is 9.97. The van der Waals surface area contributed by atoms with E-state index in [0.717, 1.165) is 3.93 Å². The van der Waals surface area contributed by atoms with E-state index in [1.807, 2.05) is 0 Å². The zero-order valence-corrected chi connectivity index (χ0v) is 12.0. The van der Waals surface area contributed by atoms with Crippen LogP contribution in [0.4, 0.5) is 0 Å². The van der Waals surface area contributed by atoms with Gasteiger partial charge in [-0.25, -0.2) is 0 Å². The SMILES string of the molecule is C[CH]([Sn])c1ccccc1.Cl.Cl.Cl. The molecule has 0 nitrogen and oxygen atoms in total. The molecule has 1 aromatic carbocycles. The van der Waals surface area contributed by atoms with Gasteiger partial charge in [0.05, 0.1) is 0 Å². The van der Waals surface area contributed by atoms with Gasteiger partial charge in [0.1, 0.15) is 0 Å². The summed E-state index contributed by atoms with van der Waals surface area (Å²) in [4.78, 5) is 0. The van der Waals surface area contributed by atoms with Crippen LogP contribution in [0.2, 0.25) is 0 Å². The average Bonchev–Trinajstić information content (AvgIpc) is 1.90. The van der Waals surface area contributed by atoms with Crippen LogP contribution < -0.4 is 0 Å². The molecule has 0 saturated carbocycles. The van der Waals surface area contributed by atoms with Crippen LogP contribution >= 0.6 is 37.2 Å². The van der Waals surface area contributed by atoms with E-state index in [0.29, 0.717) is 0 Å². The molecule has 1 rings (SSSR count). The number of halogens is 3. The van der Waals surface area contributed by atoms with E-state index in [1.54, 1.807) is 22.5 Å². The predicted molar refractivity (Wildman–Crippen MR) is 62.4 cm³/mol. The van der Waals surface area contributed by atoms with Crippen LogP contribution in [0.15, 0.2) is 30.3 Å². The Morgan fingerprint density at radius 1 is 1.00 bits per heavy atom. The van der Waals surface area contributed by atoms with Crippen molar-refractivity contribution in [2.24, 2.45) is 0 Å². The molecule has 1 atom stereocenters. The number of hydrogen-bond acceptors (Lipinski definition) is 0. The first-order chi connectivity index (χ1) is 4.30. The molecule has 0 aliphatic rings. The minimum Gasteiger partial charge on any atom is -0.147 e. The van der Waals surface area contributed by atoms with E-state index in [1.165, 1.54) is 5.56 Å². The molecular formula is C8H12Cl3Sn. The monoisotopic (exact) mass is 333 g/mol. The molecule has 1 unspecified atom stereocenters. The molecule has 0 amide bonds. The fourth-order valence-electron chi connectivity index (χ4n) is 0.742. The van der Waals surface area contributed by atoms with Crippen LogP contribution in [0.25, 0.3) is 0 Å². The maximum Gasteiger partial charge on any atom is -0.147 e. The van der Waals surface area contributed by atoms with Gasteiger partial charge in [-0.1, -0.05) is 0 Å². The third-order valence-electron chi connectivity index (χ3n) is 1.30. The standard InChI is InChI=1S/C8H9.3ClH.Sn/c1-2-8-6-4-3-5-7-8;;;;/h2-7H,1H3;3*1H;. The third-order valence-corrected chi connectivity index (χ3v) is 2.25. The largest absolute Gasteiger partial charge is 0.147 e. The van der Waals surface area contributed by atoms with Crippen LogP contribution in [-0.2, 0) is 0 Å². The van der Waals surface area contributed by atoms with Crippen molar-refractivity contribution in [3.05, 3.63) is 35.9 Å². The third kappa shape index (κ3) is 6.41. The molecule has 12 heavy (non-hydrogen) atoms. The van der Waals surface area contributed by atoms with E-state index in [9.17, 15) is 0 Å². The number of benzene rings is 1. The minimum atomic E-state index is 0. The van der Waals surface area contributed by atoms with E-state index >= 15 is 0 Å². The molecule has 3 radical (unpaired) electrons. The Bertz CT molecular complexity index is 177. The van der Waals surface area contributed by atoms with Gasteiger partial charge < -0.3 is 0 Å². The molecule has 0 N–H and O–H groups in total. The second-order valence-electron chi connectivity index (χ2n) is 2.13. The van der Waals surface area contributed by atoms with Crippen molar-refractivity contribution < 1.29 is 0 Å². The van der Waals surface area contributed by atoms with E-state index in [2.05, 4.69) is 37.3 Å². The predicted octanol–water partition coefficient (Wildman–Crippen LogP) is 3.18. The van der Waals surface area contributed by atoms with Gasteiger partial charge in [0, 0.05) is 0 Å². The van der Waals surface area contributed by atoms with Gasteiger partial charge in [0.25, 0.3) is 0 Å². The first-order valence-electron chi connectivity index (χ1n) is 3.07. The van der Waals surface area contributed by atoms with Crippen molar-refractivity contribution in [1.29, 1.82) is 0 Å². The summed E-state index contributed by atoms with van der Waals surface area (Å²) in [6.45, 7) is 2.24.